The van der Waals surface area contributed by atoms with Crippen molar-refractivity contribution in [3.8, 4) is 0 Å². The number of aromatic nitrogens is 1. The molecule has 1 aromatic rings. The van der Waals surface area contributed by atoms with Crippen molar-refractivity contribution in [2.24, 2.45) is 0 Å². The molecule has 1 heterocycles. The first-order chi connectivity index (χ1) is 8.01. The molecule has 2 N–H and O–H groups in total. The molecule has 17 heavy (non-hydrogen) atoms. The first-order valence-electron chi connectivity index (χ1n) is 5.46. The van der Waals surface area contributed by atoms with E-state index in [0.717, 1.165) is 11.5 Å². The Kier molecular flexibility index (Phi) is 5.06. The highest BCUT2D eigenvalue weighted by atomic mass is 19.4. The van der Waals surface area contributed by atoms with Gasteiger partial charge in [-0.15, -0.1) is 0 Å². The van der Waals surface area contributed by atoms with Crippen molar-refractivity contribution in [2.45, 2.75) is 25.4 Å². The Morgan fingerprint density at radius 2 is 2.06 bits per heavy atom. The minimum atomic E-state index is -4.05. The molecule has 0 bridgehead atoms. The lowest BCUT2D eigenvalue weighted by Gasteiger charge is -2.08. The lowest BCUT2D eigenvalue weighted by atomic mass is 10.2. The van der Waals surface area contributed by atoms with E-state index in [2.05, 4.69) is 15.6 Å². The van der Waals surface area contributed by atoms with E-state index in [1.165, 1.54) is 0 Å². The van der Waals surface area contributed by atoms with E-state index in [9.17, 15) is 13.2 Å². The normalized spacial score (nSPS) is 11.3. The zero-order valence-corrected chi connectivity index (χ0v) is 9.64. The van der Waals surface area contributed by atoms with Gasteiger partial charge in [0.05, 0.1) is 0 Å². The third kappa shape index (κ3) is 5.99. The van der Waals surface area contributed by atoms with Crippen molar-refractivity contribution in [3.05, 3.63) is 18.3 Å². The second kappa shape index (κ2) is 6.32. The molecule has 0 aromatic carbocycles. The molecular weight excluding hydrogens is 231 g/mol. The number of hydrogen-bond donors (Lipinski definition) is 2. The monoisotopic (exact) mass is 247 g/mol. The van der Waals surface area contributed by atoms with E-state index in [0.29, 0.717) is 13.0 Å². The number of nitrogens with zero attached hydrogens (tertiary/aromatic N) is 1. The van der Waals surface area contributed by atoms with E-state index in [1.807, 2.05) is 6.07 Å². The van der Waals surface area contributed by atoms with Crippen molar-refractivity contribution < 1.29 is 13.2 Å². The molecule has 0 saturated heterocycles. The molecule has 0 saturated carbocycles. The summed E-state index contributed by atoms with van der Waals surface area (Å²) in [5.74, 6) is 0.727. The summed E-state index contributed by atoms with van der Waals surface area (Å²) >= 11 is 0. The van der Waals surface area contributed by atoms with Crippen LogP contribution >= 0.6 is 0 Å². The second-order valence-electron chi connectivity index (χ2n) is 3.68. The predicted octanol–water partition coefficient (Wildman–Crippen LogP) is 3.27. The fourth-order valence-electron chi connectivity index (χ4n) is 1.36. The Morgan fingerprint density at radius 3 is 2.71 bits per heavy atom. The van der Waals surface area contributed by atoms with Gasteiger partial charge in [-0.05, 0) is 18.9 Å². The van der Waals surface area contributed by atoms with E-state index in [-0.39, 0.29) is 6.42 Å². The van der Waals surface area contributed by atoms with Crippen molar-refractivity contribution >= 4 is 11.5 Å². The van der Waals surface area contributed by atoms with Crippen LogP contribution in [-0.4, -0.2) is 24.8 Å². The van der Waals surface area contributed by atoms with E-state index in [4.69, 9.17) is 0 Å². The summed E-state index contributed by atoms with van der Waals surface area (Å²) in [5.41, 5.74) is 0.858. The second-order valence-corrected chi connectivity index (χ2v) is 3.68. The van der Waals surface area contributed by atoms with Crippen molar-refractivity contribution in [2.75, 3.05) is 24.2 Å². The Hall–Kier alpha value is -1.46. The zero-order valence-electron chi connectivity index (χ0n) is 9.64. The standard InChI is InChI=1S/C11H16F3N3/c1-15-10-8-9(4-7-17-10)16-6-3-2-5-11(12,13)14/h4,7-8H,2-3,5-6H2,1H3,(H2,15,16,17). The minimum Gasteiger partial charge on any atom is -0.385 e. The van der Waals surface area contributed by atoms with E-state index in [1.54, 1.807) is 19.3 Å². The van der Waals surface area contributed by atoms with Gasteiger partial charge in [-0.25, -0.2) is 4.98 Å². The molecule has 0 spiro atoms. The summed E-state index contributed by atoms with van der Waals surface area (Å²) in [6.07, 6.45) is -2.47. The average Bonchev–Trinajstić information content (AvgIpc) is 2.27. The molecule has 0 radical (unpaired) electrons. The van der Waals surface area contributed by atoms with Crippen LogP contribution in [0.1, 0.15) is 19.3 Å². The van der Waals surface area contributed by atoms with Crippen LogP contribution in [0, 0.1) is 0 Å². The molecule has 0 atom stereocenters. The number of unbranched alkanes of at least 4 members (excludes halogenated alkanes) is 1. The van der Waals surface area contributed by atoms with Gasteiger partial charge in [-0.2, -0.15) is 13.2 Å². The van der Waals surface area contributed by atoms with E-state index >= 15 is 0 Å². The van der Waals surface area contributed by atoms with Gasteiger partial charge in [0.15, 0.2) is 0 Å². The van der Waals surface area contributed by atoms with Crippen molar-refractivity contribution in [3.63, 3.8) is 0 Å². The summed E-state index contributed by atoms with van der Waals surface area (Å²) in [5, 5.41) is 5.95. The van der Waals surface area contributed by atoms with Crippen molar-refractivity contribution in [1.29, 1.82) is 0 Å². The maximum atomic E-state index is 11.9. The highest BCUT2D eigenvalue weighted by Crippen LogP contribution is 2.22. The fourth-order valence-corrected chi connectivity index (χ4v) is 1.36. The van der Waals surface area contributed by atoms with Gasteiger partial charge in [-0.3, -0.25) is 0 Å². The summed E-state index contributed by atoms with van der Waals surface area (Å²) < 4.78 is 35.6. The molecule has 6 heteroatoms. The Labute approximate surface area is 98.4 Å². The molecule has 0 aliphatic carbocycles. The number of anilines is 2. The first kappa shape index (κ1) is 13.6. The van der Waals surface area contributed by atoms with Crippen LogP contribution in [0.2, 0.25) is 0 Å². The average molecular weight is 247 g/mol. The Bertz CT molecular complexity index is 339. The van der Waals surface area contributed by atoms with Gasteiger partial charge in [0.25, 0.3) is 0 Å². The van der Waals surface area contributed by atoms with Crippen molar-refractivity contribution in [1.82, 2.24) is 4.98 Å². The maximum absolute atomic E-state index is 11.9. The quantitative estimate of drug-likeness (QED) is 0.757. The van der Waals surface area contributed by atoms with Crippen LogP contribution in [0.4, 0.5) is 24.7 Å². The lowest BCUT2D eigenvalue weighted by molar-refractivity contribution is -0.135. The minimum absolute atomic E-state index is 0.153. The summed E-state index contributed by atoms with van der Waals surface area (Å²) in [7, 11) is 1.76. The number of alkyl halides is 3. The number of nitrogens with one attached hydrogen (secondary N) is 2. The SMILES string of the molecule is CNc1cc(NCCCCC(F)(F)F)ccn1. The molecule has 1 aromatic heterocycles. The third-order valence-corrected chi connectivity index (χ3v) is 2.23. The zero-order chi connectivity index (χ0) is 12.7. The highest BCUT2D eigenvalue weighted by Gasteiger charge is 2.25. The number of halogens is 3. The lowest BCUT2D eigenvalue weighted by Crippen LogP contribution is -2.08. The van der Waals surface area contributed by atoms with E-state index < -0.39 is 12.6 Å². The van der Waals surface area contributed by atoms with Gasteiger partial charge < -0.3 is 10.6 Å². The molecule has 0 amide bonds. The third-order valence-electron chi connectivity index (χ3n) is 2.23. The highest BCUT2D eigenvalue weighted by molar-refractivity contribution is 5.51. The maximum Gasteiger partial charge on any atom is 0.389 e. The number of rotatable bonds is 6. The predicted molar refractivity (Wildman–Crippen MR) is 62.2 cm³/mol. The van der Waals surface area contributed by atoms with Gasteiger partial charge in [0, 0.05) is 38.0 Å². The van der Waals surface area contributed by atoms with Crippen LogP contribution in [0.3, 0.4) is 0 Å². The first-order valence-corrected chi connectivity index (χ1v) is 5.46. The molecule has 3 nitrogen and oxygen atoms in total. The van der Waals surface area contributed by atoms with Crippen LogP contribution in [0.15, 0.2) is 18.3 Å². The largest absolute Gasteiger partial charge is 0.389 e. The Balaban J connectivity index is 2.22. The van der Waals surface area contributed by atoms with Crippen LogP contribution in [0.5, 0.6) is 0 Å². The van der Waals surface area contributed by atoms with Gasteiger partial charge in [-0.1, -0.05) is 0 Å². The molecule has 96 valence electrons. The van der Waals surface area contributed by atoms with Crippen LogP contribution in [0.25, 0.3) is 0 Å². The summed E-state index contributed by atoms with van der Waals surface area (Å²) in [6.45, 7) is 0.531. The smallest absolute Gasteiger partial charge is 0.385 e. The van der Waals surface area contributed by atoms with Gasteiger partial charge in [0.1, 0.15) is 5.82 Å². The molecule has 0 aliphatic heterocycles. The number of pyridine rings is 1. The fraction of sp³-hybridized carbons (Fsp3) is 0.545. The van der Waals surface area contributed by atoms with Crippen LogP contribution < -0.4 is 10.6 Å². The summed E-state index contributed by atoms with van der Waals surface area (Å²) in [4.78, 5) is 4.03. The number of hydrogen-bond acceptors (Lipinski definition) is 3. The topological polar surface area (TPSA) is 37.0 Å². The molecular formula is C11H16F3N3. The van der Waals surface area contributed by atoms with Gasteiger partial charge >= 0.3 is 6.18 Å². The molecule has 0 aliphatic rings. The molecule has 0 unspecified atom stereocenters. The molecule has 0 fully saturated rings. The summed E-state index contributed by atoms with van der Waals surface area (Å²) in [6, 6.07) is 3.59. The van der Waals surface area contributed by atoms with Gasteiger partial charge in [0.2, 0.25) is 0 Å². The molecule has 1 rings (SSSR count). The van der Waals surface area contributed by atoms with Crippen LogP contribution in [-0.2, 0) is 0 Å². The Morgan fingerprint density at radius 1 is 1.29 bits per heavy atom.